The van der Waals surface area contributed by atoms with Gasteiger partial charge in [-0.05, 0) is 24.3 Å². The summed E-state index contributed by atoms with van der Waals surface area (Å²) >= 11 is 1.39. The Morgan fingerprint density at radius 2 is 2.08 bits per heavy atom. The van der Waals surface area contributed by atoms with Crippen molar-refractivity contribution in [1.29, 1.82) is 0 Å². The number of hydrogen-bond acceptors (Lipinski definition) is 3. The molecule has 0 unspecified atom stereocenters. The largest absolute Gasteiger partial charge is 0.340 e. The summed E-state index contributed by atoms with van der Waals surface area (Å²) < 4.78 is 12.5. The standard InChI is InChI=1S/C9H6FN2S/c10-7-1-3-8(4-2-7)12-9-5-13-6-11-9/h1-5,12H. The minimum atomic E-state index is -0.240. The van der Waals surface area contributed by atoms with Crippen molar-refractivity contribution >= 4 is 22.8 Å². The molecule has 1 N–H and O–H groups in total. The second-order valence-corrected chi connectivity index (χ2v) is 3.11. The topological polar surface area (TPSA) is 24.9 Å². The Bertz CT molecular complexity index is 369. The molecule has 0 amide bonds. The van der Waals surface area contributed by atoms with Gasteiger partial charge >= 0.3 is 0 Å². The number of benzene rings is 1. The molecule has 1 aromatic carbocycles. The van der Waals surface area contributed by atoms with Crippen molar-refractivity contribution < 1.29 is 4.39 Å². The van der Waals surface area contributed by atoms with E-state index in [1.54, 1.807) is 12.1 Å². The molecular weight excluding hydrogens is 187 g/mol. The van der Waals surface area contributed by atoms with Crippen LogP contribution in [0.1, 0.15) is 0 Å². The molecule has 0 aliphatic heterocycles. The summed E-state index contributed by atoms with van der Waals surface area (Å²) in [5, 5.41) is 4.85. The summed E-state index contributed by atoms with van der Waals surface area (Å²) in [6, 6.07) is 6.13. The molecule has 0 aliphatic rings. The van der Waals surface area contributed by atoms with E-state index < -0.39 is 0 Å². The second kappa shape index (κ2) is 3.53. The molecule has 1 aromatic heterocycles. The van der Waals surface area contributed by atoms with Crippen molar-refractivity contribution in [2.45, 2.75) is 0 Å². The number of halogens is 1. The zero-order chi connectivity index (χ0) is 9.10. The van der Waals surface area contributed by atoms with Crippen LogP contribution >= 0.6 is 11.3 Å². The van der Waals surface area contributed by atoms with Gasteiger partial charge in [-0.3, -0.25) is 0 Å². The molecule has 65 valence electrons. The molecule has 0 atom stereocenters. The van der Waals surface area contributed by atoms with Crippen molar-refractivity contribution in [1.82, 2.24) is 4.98 Å². The van der Waals surface area contributed by atoms with E-state index in [1.807, 2.05) is 5.38 Å². The summed E-state index contributed by atoms with van der Waals surface area (Å²) in [6.07, 6.45) is 0. The summed E-state index contributed by atoms with van der Waals surface area (Å²) in [4.78, 5) is 3.92. The van der Waals surface area contributed by atoms with E-state index in [9.17, 15) is 4.39 Å². The Kier molecular flexibility index (Phi) is 2.23. The third-order valence-electron chi connectivity index (χ3n) is 1.51. The molecule has 0 bridgehead atoms. The van der Waals surface area contributed by atoms with Gasteiger partial charge in [0.2, 0.25) is 0 Å². The Hall–Kier alpha value is -1.42. The van der Waals surface area contributed by atoms with Crippen LogP contribution in [0.5, 0.6) is 0 Å². The molecule has 0 fully saturated rings. The van der Waals surface area contributed by atoms with Crippen molar-refractivity contribution in [3.63, 3.8) is 0 Å². The zero-order valence-electron chi connectivity index (χ0n) is 6.62. The first-order valence-electron chi connectivity index (χ1n) is 3.69. The summed E-state index contributed by atoms with van der Waals surface area (Å²) in [6.45, 7) is 0. The van der Waals surface area contributed by atoms with Gasteiger partial charge in [0.05, 0.1) is 0 Å². The summed E-state index contributed by atoms with van der Waals surface area (Å²) in [5.74, 6) is 0.493. The minimum Gasteiger partial charge on any atom is -0.340 e. The number of anilines is 2. The molecule has 0 saturated carbocycles. The van der Waals surface area contributed by atoms with E-state index in [0.717, 1.165) is 11.5 Å². The molecule has 1 heterocycles. The molecule has 13 heavy (non-hydrogen) atoms. The van der Waals surface area contributed by atoms with Crippen LogP contribution in [-0.4, -0.2) is 4.98 Å². The first kappa shape index (κ1) is 8.19. The van der Waals surface area contributed by atoms with Gasteiger partial charge in [-0.15, -0.1) is 11.3 Å². The minimum absolute atomic E-state index is 0.240. The van der Waals surface area contributed by atoms with Gasteiger partial charge in [-0.25, -0.2) is 9.37 Å². The van der Waals surface area contributed by atoms with Gasteiger partial charge < -0.3 is 5.32 Å². The number of rotatable bonds is 2. The highest BCUT2D eigenvalue weighted by Gasteiger charge is 1.95. The first-order chi connectivity index (χ1) is 6.34. The zero-order valence-corrected chi connectivity index (χ0v) is 7.44. The van der Waals surface area contributed by atoms with E-state index in [4.69, 9.17) is 0 Å². The lowest BCUT2D eigenvalue weighted by Crippen LogP contribution is -1.89. The highest BCUT2D eigenvalue weighted by atomic mass is 32.1. The fourth-order valence-electron chi connectivity index (χ4n) is 0.923. The van der Waals surface area contributed by atoms with Crippen molar-refractivity contribution in [2.75, 3.05) is 5.32 Å². The summed E-state index contributed by atoms with van der Waals surface area (Å²) in [7, 11) is 0. The van der Waals surface area contributed by atoms with E-state index in [-0.39, 0.29) is 5.82 Å². The number of hydrogen-bond donors (Lipinski definition) is 1. The molecule has 1 radical (unpaired) electrons. The normalized spacial score (nSPS) is 9.92. The summed E-state index contributed by atoms with van der Waals surface area (Å²) in [5.41, 5.74) is 3.54. The smallest absolute Gasteiger partial charge is 0.154 e. The number of aromatic nitrogens is 1. The maximum atomic E-state index is 12.5. The van der Waals surface area contributed by atoms with Crippen LogP contribution in [0.25, 0.3) is 0 Å². The Balaban J connectivity index is 2.15. The van der Waals surface area contributed by atoms with Gasteiger partial charge in [0.15, 0.2) is 5.51 Å². The third kappa shape index (κ3) is 2.03. The number of thiazole rings is 1. The lowest BCUT2D eigenvalue weighted by molar-refractivity contribution is 0.628. The maximum Gasteiger partial charge on any atom is 0.154 e. The van der Waals surface area contributed by atoms with Crippen molar-refractivity contribution in [3.05, 3.63) is 41.0 Å². The molecule has 2 aromatic rings. The predicted molar refractivity (Wildman–Crippen MR) is 50.6 cm³/mol. The van der Waals surface area contributed by atoms with Crippen molar-refractivity contribution in [3.8, 4) is 0 Å². The average Bonchev–Trinajstić information content (AvgIpc) is 2.62. The Morgan fingerprint density at radius 1 is 1.31 bits per heavy atom. The highest BCUT2D eigenvalue weighted by molar-refractivity contribution is 7.07. The molecule has 2 nitrogen and oxygen atoms in total. The van der Waals surface area contributed by atoms with Gasteiger partial charge in [0.1, 0.15) is 11.6 Å². The lowest BCUT2D eigenvalue weighted by atomic mass is 10.3. The van der Waals surface area contributed by atoms with Crippen LogP contribution in [0.3, 0.4) is 0 Å². The van der Waals surface area contributed by atoms with E-state index in [0.29, 0.717) is 0 Å². The SMILES string of the molecule is Fc1ccc(Nc2cs[c]n2)cc1. The maximum absolute atomic E-state index is 12.5. The van der Waals surface area contributed by atoms with Gasteiger partial charge in [0, 0.05) is 11.1 Å². The van der Waals surface area contributed by atoms with Crippen LogP contribution in [0, 0.1) is 11.3 Å². The van der Waals surface area contributed by atoms with E-state index >= 15 is 0 Å². The fraction of sp³-hybridized carbons (Fsp3) is 0. The molecule has 0 saturated heterocycles. The van der Waals surface area contributed by atoms with Gasteiger partial charge in [-0.1, -0.05) is 0 Å². The fourth-order valence-corrected chi connectivity index (χ4v) is 1.35. The number of nitrogens with one attached hydrogen (secondary N) is 1. The molecule has 4 heteroatoms. The molecular formula is C9H6FN2S. The Labute approximate surface area is 79.1 Å². The quantitative estimate of drug-likeness (QED) is 0.793. The molecule has 2 rings (SSSR count). The van der Waals surface area contributed by atoms with E-state index in [1.165, 1.54) is 23.5 Å². The molecule has 0 spiro atoms. The van der Waals surface area contributed by atoms with Crippen LogP contribution < -0.4 is 5.32 Å². The van der Waals surface area contributed by atoms with Crippen LogP contribution in [-0.2, 0) is 0 Å². The third-order valence-corrected chi connectivity index (χ3v) is 2.04. The van der Waals surface area contributed by atoms with Crippen LogP contribution in [0.4, 0.5) is 15.9 Å². The molecule has 0 aliphatic carbocycles. The lowest BCUT2D eigenvalue weighted by Gasteiger charge is -2.00. The Morgan fingerprint density at radius 3 is 2.69 bits per heavy atom. The van der Waals surface area contributed by atoms with Gasteiger partial charge in [0.25, 0.3) is 0 Å². The highest BCUT2D eigenvalue weighted by Crippen LogP contribution is 2.15. The number of nitrogens with zero attached hydrogens (tertiary/aromatic N) is 1. The van der Waals surface area contributed by atoms with Crippen molar-refractivity contribution in [2.24, 2.45) is 0 Å². The second-order valence-electron chi connectivity index (χ2n) is 2.46. The average molecular weight is 193 g/mol. The van der Waals surface area contributed by atoms with Gasteiger partial charge in [-0.2, -0.15) is 0 Å². The predicted octanol–water partition coefficient (Wildman–Crippen LogP) is 2.83. The van der Waals surface area contributed by atoms with Crippen LogP contribution in [0.15, 0.2) is 29.6 Å². The van der Waals surface area contributed by atoms with Crippen LogP contribution in [0.2, 0.25) is 0 Å². The first-order valence-corrected chi connectivity index (χ1v) is 4.57. The monoisotopic (exact) mass is 193 g/mol. The van der Waals surface area contributed by atoms with E-state index in [2.05, 4.69) is 15.8 Å².